The molecule has 0 amide bonds. The number of carbonyl (C=O) groups is 1. The van der Waals surface area contributed by atoms with Crippen LogP contribution in [0.1, 0.15) is 32.6 Å². The van der Waals surface area contributed by atoms with Gasteiger partial charge in [0, 0.05) is 19.1 Å². The first-order chi connectivity index (χ1) is 8.99. The fraction of sp³-hybridized carbons (Fsp3) is 0.923. The number of piperidine rings is 1. The van der Waals surface area contributed by atoms with Gasteiger partial charge in [0.2, 0.25) is 0 Å². The van der Waals surface area contributed by atoms with Gasteiger partial charge in [-0.25, -0.2) is 4.79 Å². The summed E-state index contributed by atoms with van der Waals surface area (Å²) in [6, 6.07) is 0.387. The summed E-state index contributed by atoms with van der Waals surface area (Å²) in [5, 5.41) is 3.13. The Hall–Kier alpha value is -0.750. The first-order valence-corrected chi connectivity index (χ1v) is 7.03. The molecule has 2 aliphatic rings. The van der Waals surface area contributed by atoms with Crippen LogP contribution >= 0.6 is 0 Å². The van der Waals surface area contributed by atoms with Gasteiger partial charge in [-0.2, -0.15) is 8.78 Å². The molecule has 4 nitrogen and oxygen atoms in total. The lowest BCUT2D eigenvalue weighted by molar-refractivity contribution is -0.159. The molecule has 0 bridgehead atoms. The molecule has 2 heterocycles. The highest BCUT2D eigenvalue weighted by molar-refractivity contribution is 5.79. The second-order valence-electron chi connectivity index (χ2n) is 5.54. The average molecular weight is 276 g/mol. The molecule has 2 aliphatic heterocycles. The number of alkyl halides is 2. The Labute approximate surface area is 112 Å². The topological polar surface area (TPSA) is 41.6 Å². The van der Waals surface area contributed by atoms with Crippen molar-refractivity contribution >= 4 is 5.97 Å². The zero-order valence-electron chi connectivity index (χ0n) is 11.3. The Balaban J connectivity index is 1.65. The zero-order valence-corrected chi connectivity index (χ0v) is 11.3. The third-order valence-corrected chi connectivity index (χ3v) is 3.88. The molecular weight excluding hydrogens is 254 g/mol. The maximum absolute atomic E-state index is 13.0. The normalized spacial score (nSPS) is 29.2. The van der Waals surface area contributed by atoms with Gasteiger partial charge < -0.3 is 10.1 Å². The van der Waals surface area contributed by atoms with Crippen molar-refractivity contribution in [1.82, 2.24) is 10.2 Å². The van der Waals surface area contributed by atoms with Gasteiger partial charge in [-0.1, -0.05) is 6.42 Å². The van der Waals surface area contributed by atoms with Crippen molar-refractivity contribution in [1.29, 1.82) is 0 Å². The van der Waals surface area contributed by atoms with Crippen molar-refractivity contribution in [2.24, 2.45) is 0 Å². The van der Waals surface area contributed by atoms with Crippen molar-refractivity contribution in [3.8, 4) is 0 Å². The van der Waals surface area contributed by atoms with Crippen LogP contribution in [0.15, 0.2) is 0 Å². The molecule has 19 heavy (non-hydrogen) atoms. The third-order valence-electron chi connectivity index (χ3n) is 3.88. The highest BCUT2D eigenvalue weighted by Gasteiger charge is 2.50. The van der Waals surface area contributed by atoms with Gasteiger partial charge in [0.1, 0.15) is 6.10 Å². The van der Waals surface area contributed by atoms with Crippen molar-refractivity contribution in [3.63, 3.8) is 0 Å². The fourth-order valence-electron chi connectivity index (χ4n) is 2.70. The Kier molecular flexibility index (Phi) is 4.73. The third kappa shape index (κ3) is 3.86. The predicted molar refractivity (Wildman–Crippen MR) is 67.2 cm³/mol. The molecule has 2 rings (SSSR count). The Morgan fingerprint density at radius 1 is 1.42 bits per heavy atom. The number of hydrogen-bond donors (Lipinski definition) is 1. The van der Waals surface area contributed by atoms with Crippen molar-refractivity contribution in [2.75, 3.05) is 26.2 Å². The van der Waals surface area contributed by atoms with E-state index < -0.39 is 24.4 Å². The molecule has 2 saturated heterocycles. The molecule has 0 aromatic carbocycles. The van der Waals surface area contributed by atoms with Crippen LogP contribution in [0.25, 0.3) is 0 Å². The van der Waals surface area contributed by atoms with Gasteiger partial charge >= 0.3 is 11.9 Å². The van der Waals surface area contributed by atoms with Gasteiger partial charge in [-0.3, -0.25) is 4.90 Å². The van der Waals surface area contributed by atoms with Crippen LogP contribution < -0.4 is 5.32 Å². The molecule has 0 spiro atoms. The number of ether oxygens (including phenoxy) is 1. The lowest BCUT2D eigenvalue weighted by Crippen LogP contribution is -2.44. The first-order valence-electron chi connectivity index (χ1n) is 7.03. The van der Waals surface area contributed by atoms with Gasteiger partial charge in [-0.05, 0) is 32.9 Å². The van der Waals surface area contributed by atoms with Crippen molar-refractivity contribution < 1.29 is 18.3 Å². The number of nitrogens with zero attached hydrogens (tertiary/aromatic N) is 1. The number of carbonyl (C=O) groups excluding carboxylic acids is 1. The number of likely N-dealkylation sites (tertiary alicyclic amines) is 1. The lowest BCUT2D eigenvalue weighted by Gasteiger charge is -2.32. The minimum Gasteiger partial charge on any atom is -0.456 e. The van der Waals surface area contributed by atoms with E-state index in [9.17, 15) is 13.6 Å². The highest BCUT2D eigenvalue weighted by Crippen LogP contribution is 2.30. The van der Waals surface area contributed by atoms with E-state index in [0.717, 1.165) is 19.6 Å². The molecule has 2 atom stereocenters. The second kappa shape index (κ2) is 6.13. The van der Waals surface area contributed by atoms with E-state index in [1.165, 1.54) is 19.3 Å². The average Bonchev–Trinajstić information content (AvgIpc) is 2.64. The van der Waals surface area contributed by atoms with E-state index in [1.54, 1.807) is 0 Å². The summed E-state index contributed by atoms with van der Waals surface area (Å²) >= 11 is 0. The van der Waals surface area contributed by atoms with E-state index in [4.69, 9.17) is 0 Å². The van der Waals surface area contributed by atoms with Crippen LogP contribution in [0.5, 0.6) is 0 Å². The van der Waals surface area contributed by atoms with Crippen molar-refractivity contribution in [2.45, 2.75) is 50.7 Å². The van der Waals surface area contributed by atoms with E-state index in [-0.39, 0.29) is 0 Å². The first kappa shape index (κ1) is 14.7. The van der Waals surface area contributed by atoms with Crippen LogP contribution in [0.4, 0.5) is 8.78 Å². The maximum Gasteiger partial charge on any atom is 0.377 e. The van der Waals surface area contributed by atoms with Gasteiger partial charge in [0.25, 0.3) is 0 Å². The molecular formula is C13H22F2N2O2. The standard InChI is InChI=1S/C13H22F2N2O2/c1-10(17-5-3-2-4-6-17)8-16-9-11-7-13(14,15)12(18)19-11/h10-11,16H,2-9H2,1H3. The van der Waals surface area contributed by atoms with Crippen molar-refractivity contribution in [3.05, 3.63) is 0 Å². The van der Waals surface area contributed by atoms with Gasteiger partial charge in [-0.15, -0.1) is 0 Å². The number of cyclic esters (lactones) is 1. The molecule has 1 N–H and O–H groups in total. The molecule has 6 heteroatoms. The molecule has 0 saturated carbocycles. The Morgan fingerprint density at radius 3 is 2.68 bits per heavy atom. The maximum atomic E-state index is 13.0. The van der Waals surface area contributed by atoms with E-state index in [0.29, 0.717) is 12.6 Å². The number of nitrogens with one attached hydrogen (secondary N) is 1. The summed E-state index contributed by atoms with van der Waals surface area (Å²) in [4.78, 5) is 13.3. The number of halogens is 2. The molecule has 2 unspecified atom stereocenters. The second-order valence-corrected chi connectivity index (χ2v) is 5.54. The molecule has 0 aromatic rings. The van der Waals surface area contributed by atoms with Crippen LogP contribution in [-0.2, 0) is 9.53 Å². The summed E-state index contributed by atoms with van der Waals surface area (Å²) in [7, 11) is 0. The SMILES string of the molecule is CC(CNCC1CC(F)(F)C(=O)O1)N1CCCCC1. The van der Waals surface area contributed by atoms with E-state index in [2.05, 4.69) is 21.9 Å². The fourth-order valence-corrected chi connectivity index (χ4v) is 2.70. The lowest BCUT2D eigenvalue weighted by atomic mass is 10.1. The summed E-state index contributed by atoms with van der Waals surface area (Å²) < 4.78 is 30.5. The quantitative estimate of drug-likeness (QED) is 0.771. The van der Waals surface area contributed by atoms with Crippen LogP contribution in [0.2, 0.25) is 0 Å². The molecule has 2 fully saturated rings. The van der Waals surface area contributed by atoms with Crippen LogP contribution in [-0.4, -0.2) is 55.1 Å². The minimum atomic E-state index is -3.30. The molecule has 0 aromatic heterocycles. The summed E-state index contributed by atoms with van der Waals surface area (Å²) in [6.45, 7) is 5.39. The summed E-state index contributed by atoms with van der Waals surface area (Å²) in [6.07, 6.45) is 2.56. The number of rotatable bonds is 5. The van der Waals surface area contributed by atoms with E-state index >= 15 is 0 Å². The summed E-state index contributed by atoms with van der Waals surface area (Å²) in [5.41, 5.74) is 0. The highest BCUT2D eigenvalue weighted by atomic mass is 19.3. The summed E-state index contributed by atoms with van der Waals surface area (Å²) in [5.74, 6) is -4.69. The molecule has 0 aliphatic carbocycles. The monoisotopic (exact) mass is 276 g/mol. The smallest absolute Gasteiger partial charge is 0.377 e. The van der Waals surface area contributed by atoms with Crippen LogP contribution in [0, 0.1) is 0 Å². The molecule has 0 radical (unpaired) electrons. The van der Waals surface area contributed by atoms with Gasteiger partial charge in [0.15, 0.2) is 0 Å². The Bertz CT molecular complexity index is 320. The van der Waals surface area contributed by atoms with Crippen LogP contribution in [0.3, 0.4) is 0 Å². The predicted octanol–water partition coefficient (Wildman–Crippen LogP) is 1.40. The zero-order chi connectivity index (χ0) is 13.9. The number of hydrogen-bond acceptors (Lipinski definition) is 4. The van der Waals surface area contributed by atoms with E-state index in [1.807, 2.05) is 0 Å². The minimum absolute atomic E-state index is 0.305. The Morgan fingerprint density at radius 2 is 2.11 bits per heavy atom. The number of esters is 1. The largest absolute Gasteiger partial charge is 0.456 e. The van der Waals surface area contributed by atoms with Gasteiger partial charge in [0.05, 0.1) is 6.42 Å². The molecule has 110 valence electrons.